The van der Waals surface area contributed by atoms with Gasteiger partial charge in [-0.1, -0.05) is 0 Å². The van der Waals surface area contributed by atoms with Crippen LogP contribution in [0.4, 0.5) is 0 Å². The summed E-state index contributed by atoms with van der Waals surface area (Å²) in [6, 6.07) is 0. The zero-order valence-electron chi connectivity index (χ0n) is 12.4. The van der Waals surface area contributed by atoms with Crippen molar-refractivity contribution >= 4 is 19.9 Å². The summed E-state index contributed by atoms with van der Waals surface area (Å²) in [6.45, 7) is 6.56. The molecule has 0 spiro atoms. The summed E-state index contributed by atoms with van der Waals surface area (Å²) in [4.78, 5) is 2.16. The van der Waals surface area contributed by atoms with Gasteiger partial charge in [0.25, 0.3) is 0 Å². The monoisotopic (exact) mass is 327 g/mol. The van der Waals surface area contributed by atoms with Gasteiger partial charge >= 0.3 is 0 Å². The van der Waals surface area contributed by atoms with Crippen molar-refractivity contribution in [1.29, 1.82) is 0 Å². The predicted molar refractivity (Wildman–Crippen MR) is 79.8 cm³/mol. The Bertz CT molecular complexity index is 520. The molecular weight excluding hydrogens is 302 g/mol. The second kappa shape index (κ2) is 6.27. The largest absolute Gasteiger partial charge is 0.329 e. The van der Waals surface area contributed by atoms with Gasteiger partial charge in [-0.2, -0.15) is 4.31 Å². The standard InChI is InChI=1S/C11H25N3O4S2/c1-11(2,10-12)13-4-6-14(7-5-13)20(17,18)9-8-19(3,15)16/h4-10,12H2,1-3H3. The molecule has 0 saturated carbocycles. The molecule has 0 atom stereocenters. The molecule has 1 saturated heterocycles. The van der Waals surface area contributed by atoms with Crippen molar-refractivity contribution in [2.24, 2.45) is 5.73 Å². The fraction of sp³-hybridized carbons (Fsp3) is 1.00. The van der Waals surface area contributed by atoms with Crippen LogP contribution >= 0.6 is 0 Å². The summed E-state index contributed by atoms with van der Waals surface area (Å²) in [5.41, 5.74) is 5.56. The maximum atomic E-state index is 12.1. The lowest BCUT2D eigenvalue weighted by Gasteiger charge is -2.43. The minimum absolute atomic E-state index is 0.150. The van der Waals surface area contributed by atoms with Gasteiger partial charge in [0, 0.05) is 44.5 Å². The molecule has 1 fully saturated rings. The van der Waals surface area contributed by atoms with Gasteiger partial charge in [0.05, 0.1) is 11.5 Å². The maximum Gasteiger partial charge on any atom is 0.215 e. The molecule has 0 aromatic heterocycles. The van der Waals surface area contributed by atoms with E-state index in [9.17, 15) is 16.8 Å². The van der Waals surface area contributed by atoms with Crippen LogP contribution < -0.4 is 5.73 Å². The highest BCUT2D eigenvalue weighted by Gasteiger charge is 2.33. The van der Waals surface area contributed by atoms with Gasteiger partial charge in [0.15, 0.2) is 0 Å². The van der Waals surface area contributed by atoms with Gasteiger partial charge < -0.3 is 5.73 Å². The van der Waals surface area contributed by atoms with Crippen LogP contribution in [-0.2, 0) is 19.9 Å². The van der Waals surface area contributed by atoms with E-state index in [2.05, 4.69) is 4.90 Å². The van der Waals surface area contributed by atoms with E-state index in [0.29, 0.717) is 32.7 Å². The van der Waals surface area contributed by atoms with Crippen LogP contribution in [0.1, 0.15) is 13.8 Å². The predicted octanol–water partition coefficient (Wildman–Crippen LogP) is -1.28. The van der Waals surface area contributed by atoms with Gasteiger partial charge in [-0.15, -0.1) is 0 Å². The van der Waals surface area contributed by atoms with Gasteiger partial charge in [-0.3, -0.25) is 4.90 Å². The molecule has 7 nitrogen and oxygen atoms in total. The second-order valence-corrected chi connectivity index (χ2v) is 10.2. The van der Waals surface area contributed by atoms with E-state index in [0.717, 1.165) is 6.26 Å². The van der Waals surface area contributed by atoms with Crippen molar-refractivity contribution in [1.82, 2.24) is 9.21 Å². The van der Waals surface area contributed by atoms with Crippen LogP contribution in [0, 0.1) is 0 Å². The normalized spacial score (nSPS) is 20.2. The molecule has 0 amide bonds. The van der Waals surface area contributed by atoms with E-state index in [-0.39, 0.29) is 17.0 Å². The summed E-state index contributed by atoms with van der Waals surface area (Å²) < 4.78 is 47.7. The Balaban J connectivity index is 2.61. The summed E-state index contributed by atoms with van der Waals surface area (Å²) >= 11 is 0. The summed E-state index contributed by atoms with van der Waals surface area (Å²) in [5.74, 6) is -0.671. The van der Waals surface area contributed by atoms with Gasteiger partial charge in [0.2, 0.25) is 10.0 Å². The molecule has 9 heteroatoms. The van der Waals surface area contributed by atoms with Crippen molar-refractivity contribution in [3.63, 3.8) is 0 Å². The number of piperazine rings is 1. The third-order valence-corrected chi connectivity index (χ3v) is 6.78. The third kappa shape index (κ3) is 4.96. The lowest BCUT2D eigenvalue weighted by atomic mass is 10.0. The molecular formula is C11H25N3O4S2. The highest BCUT2D eigenvalue weighted by Crippen LogP contribution is 2.17. The third-order valence-electron chi connectivity index (χ3n) is 3.70. The first-order chi connectivity index (χ1) is 8.98. The average molecular weight is 327 g/mol. The molecule has 20 heavy (non-hydrogen) atoms. The fourth-order valence-corrected chi connectivity index (χ4v) is 5.12. The van der Waals surface area contributed by atoms with Crippen LogP contribution in [-0.4, -0.2) is 82.1 Å². The van der Waals surface area contributed by atoms with E-state index >= 15 is 0 Å². The minimum atomic E-state index is -3.50. The molecule has 0 aromatic carbocycles. The zero-order valence-corrected chi connectivity index (χ0v) is 14.0. The number of rotatable bonds is 6. The van der Waals surface area contributed by atoms with Crippen molar-refractivity contribution < 1.29 is 16.8 Å². The first-order valence-electron chi connectivity index (χ1n) is 6.59. The second-order valence-electron chi connectivity index (χ2n) is 5.85. The summed E-state index contributed by atoms with van der Waals surface area (Å²) in [7, 11) is -6.76. The molecule has 1 rings (SSSR count). The Labute approximate surface area is 122 Å². The Hall–Kier alpha value is -0.220. The van der Waals surface area contributed by atoms with Gasteiger partial charge in [-0.05, 0) is 13.8 Å². The number of nitrogens with zero attached hydrogens (tertiary/aromatic N) is 2. The Morgan fingerprint density at radius 1 is 1.00 bits per heavy atom. The number of nitrogens with two attached hydrogens (primary N) is 1. The van der Waals surface area contributed by atoms with Crippen molar-refractivity contribution in [2.75, 3.05) is 50.5 Å². The van der Waals surface area contributed by atoms with Crippen molar-refractivity contribution in [2.45, 2.75) is 19.4 Å². The quantitative estimate of drug-likeness (QED) is 0.652. The lowest BCUT2D eigenvalue weighted by Crippen LogP contribution is -2.58. The van der Waals surface area contributed by atoms with E-state index < -0.39 is 19.9 Å². The van der Waals surface area contributed by atoms with Crippen molar-refractivity contribution in [3.8, 4) is 0 Å². The Morgan fingerprint density at radius 2 is 1.50 bits per heavy atom. The van der Waals surface area contributed by atoms with Gasteiger partial charge in [0.1, 0.15) is 9.84 Å². The maximum absolute atomic E-state index is 12.1. The van der Waals surface area contributed by atoms with Crippen molar-refractivity contribution in [3.05, 3.63) is 0 Å². The molecule has 0 aliphatic carbocycles. The highest BCUT2D eigenvalue weighted by molar-refractivity contribution is 7.93. The Morgan fingerprint density at radius 3 is 1.90 bits per heavy atom. The zero-order chi connectivity index (χ0) is 15.6. The molecule has 0 unspecified atom stereocenters. The molecule has 0 aromatic rings. The van der Waals surface area contributed by atoms with Crippen LogP contribution in [0.5, 0.6) is 0 Å². The van der Waals surface area contributed by atoms with Crippen LogP contribution in [0.3, 0.4) is 0 Å². The lowest BCUT2D eigenvalue weighted by molar-refractivity contribution is 0.0850. The summed E-state index contributed by atoms with van der Waals surface area (Å²) in [6.07, 6.45) is 1.05. The smallest absolute Gasteiger partial charge is 0.215 e. The molecule has 1 aliphatic rings. The summed E-state index contributed by atoms with van der Waals surface area (Å²) in [5, 5.41) is 0. The first kappa shape index (κ1) is 17.8. The number of hydrogen-bond acceptors (Lipinski definition) is 6. The Kier molecular flexibility index (Phi) is 5.59. The topological polar surface area (TPSA) is 101 Å². The van der Waals surface area contributed by atoms with E-state index in [1.807, 2.05) is 13.8 Å². The minimum Gasteiger partial charge on any atom is -0.329 e. The number of sulfonamides is 1. The molecule has 1 heterocycles. The van der Waals surface area contributed by atoms with Crippen LogP contribution in [0.2, 0.25) is 0 Å². The van der Waals surface area contributed by atoms with Crippen LogP contribution in [0.25, 0.3) is 0 Å². The molecule has 2 N–H and O–H groups in total. The number of sulfone groups is 1. The first-order valence-corrected chi connectivity index (χ1v) is 10.3. The highest BCUT2D eigenvalue weighted by atomic mass is 32.2. The number of hydrogen-bond donors (Lipinski definition) is 1. The van der Waals surface area contributed by atoms with Crippen LogP contribution in [0.15, 0.2) is 0 Å². The van der Waals surface area contributed by atoms with Gasteiger partial charge in [-0.25, -0.2) is 16.8 Å². The molecule has 1 aliphatic heterocycles. The molecule has 0 bridgehead atoms. The fourth-order valence-electron chi connectivity index (χ4n) is 2.09. The SMILES string of the molecule is CC(C)(CN)N1CCN(S(=O)(=O)CCS(C)(=O)=O)CC1. The van der Waals surface area contributed by atoms with E-state index in [1.165, 1.54) is 4.31 Å². The molecule has 0 radical (unpaired) electrons. The van der Waals surface area contributed by atoms with E-state index in [1.54, 1.807) is 0 Å². The average Bonchev–Trinajstić information content (AvgIpc) is 2.36. The molecule has 120 valence electrons. The van der Waals surface area contributed by atoms with E-state index in [4.69, 9.17) is 5.73 Å².